The maximum absolute atomic E-state index is 13.2. The topological polar surface area (TPSA) is 64.1 Å². The van der Waals surface area contributed by atoms with E-state index in [9.17, 15) is 13.5 Å². The van der Waals surface area contributed by atoms with E-state index in [0.717, 1.165) is 38.2 Å². The molecule has 0 bridgehead atoms. The Morgan fingerprint density at radius 3 is 2.36 bits per heavy atom. The zero-order valence-electron chi connectivity index (χ0n) is 16.6. The average Bonchev–Trinajstić information content (AvgIpc) is 3.05. The minimum Gasteiger partial charge on any atom is -0.391 e. The van der Waals surface area contributed by atoms with Crippen LogP contribution in [0.15, 0.2) is 23.1 Å². The van der Waals surface area contributed by atoms with Crippen molar-refractivity contribution < 1.29 is 13.5 Å². The van der Waals surface area contributed by atoms with E-state index in [1.165, 1.54) is 0 Å². The maximum atomic E-state index is 13.2. The number of likely N-dealkylation sites (N-methyl/N-ethyl adjacent to an activating group) is 1. The van der Waals surface area contributed by atoms with E-state index in [0.29, 0.717) is 25.4 Å². The van der Waals surface area contributed by atoms with Crippen LogP contribution in [-0.2, 0) is 10.0 Å². The smallest absolute Gasteiger partial charge is 0.244 e. The van der Waals surface area contributed by atoms with Gasteiger partial charge in [-0.15, -0.1) is 0 Å². The normalized spacial score (nSPS) is 33.1. The van der Waals surface area contributed by atoms with E-state index in [-0.39, 0.29) is 28.0 Å². The Kier molecular flexibility index (Phi) is 5.77. The summed E-state index contributed by atoms with van der Waals surface area (Å²) in [5.41, 5.74) is 0.942. The van der Waals surface area contributed by atoms with Crippen LogP contribution in [0, 0.1) is 18.8 Å². The lowest BCUT2D eigenvalue weighted by molar-refractivity contribution is -0.0249. The molecular weight excluding hydrogens is 398 g/mol. The molecule has 2 saturated heterocycles. The van der Waals surface area contributed by atoms with Gasteiger partial charge in [0.1, 0.15) is 4.90 Å². The van der Waals surface area contributed by atoms with E-state index < -0.39 is 10.0 Å². The summed E-state index contributed by atoms with van der Waals surface area (Å²) in [6, 6.07) is 5.23. The van der Waals surface area contributed by atoms with Crippen LogP contribution in [-0.4, -0.2) is 86.1 Å². The fourth-order valence-corrected chi connectivity index (χ4v) is 7.19. The predicted octanol–water partition coefficient (Wildman–Crippen LogP) is 1.66. The first-order chi connectivity index (χ1) is 13.3. The lowest BCUT2D eigenvalue weighted by Crippen LogP contribution is -2.55. The average molecular weight is 428 g/mol. The van der Waals surface area contributed by atoms with Gasteiger partial charge in [-0.3, -0.25) is 4.90 Å². The van der Waals surface area contributed by atoms with Crippen LogP contribution in [0.25, 0.3) is 0 Å². The van der Waals surface area contributed by atoms with Crippen LogP contribution in [0.4, 0.5) is 0 Å². The van der Waals surface area contributed by atoms with Crippen molar-refractivity contribution >= 4 is 21.6 Å². The largest absolute Gasteiger partial charge is 0.391 e. The zero-order valence-corrected chi connectivity index (χ0v) is 18.2. The van der Waals surface area contributed by atoms with Crippen LogP contribution in [0.2, 0.25) is 5.02 Å². The first-order valence-corrected chi connectivity index (χ1v) is 11.9. The molecule has 3 aliphatic rings. The molecule has 1 N–H and O–H groups in total. The summed E-state index contributed by atoms with van der Waals surface area (Å²) >= 11 is 6.25. The number of aliphatic hydroxyl groups excluding tert-OH is 1. The number of aryl methyl sites for hydroxylation is 1. The lowest BCUT2D eigenvalue weighted by atomic mass is 9.77. The van der Waals surface area contributed by atoms with Gasteiger partial charge in [0.05, 0.1) is 11.1 Å². The number of rotatable bonds is 3. The highest BCUT2D eigenvalue weighted by Gasteiger charge is 2.46. The van der Waals surface area contributed by atoms with Gasteiger partial charge in [0, 0.05) is 45.3 Å². The molecule has 0 unspecified atom stereocenters. The second-order valence-electron chi connectivity index (χ2n) is 8.72. The molecule has 4 rings (SSSR count). The van der Waals surface area contributed by atoms with E-state index in [4.69, 9.17) is 11.6 Å². The highest BCUT2D eigenvalue weighted by atomic mass is 35.5. The molecule has 28 heavy (non-hydrogen) atoms. The zero-order chi connectivity index (χ0) is 20.1. The number of sulfonamides is 1. The van der Waals surface area contributed by atoms with Crippen molar-refractivity contribution in [2.75, 3.05) is 46.3 Å². The molecule has 8 heteroatoms. The Morgan fingerprint density at radius 1 is 1.07 bits per heavy atom. The Balaban J connectivity index is 1.48. The van der Waals surface area contributed by atoms with Crippen LogP contribution < -0.4 is 0 Å². The molecule has 1 saturated carbocycles. The first kappa shape index (κ1) is 20.6. The Bertz CT molecular complexity index is 826. The van der Waals surface area contributed by atoms with Crippen molar-refractivity contribution in [1.29, 1.82) is 0 Å². The third kappa shape index (κ3) is 3.85. The van der Waals surface area contributed by atoms with E-state index >= 15 is 0 Å². The van der Waals surface area contributed by atoms with Crippen molar-refractivity contribution in [3.8, 4) is 0 Å². The number of benzene rings is 1. The number of fused-ring (bicyclic) bond motifs is 1. The molecule has 2 aliphatic heterocycles. The molecule has 1 aromatic carbocycles. The number of hydrogen-bond acceptors (Lipinski definition) is 5. The molecule has 6 nitrogen and oxygen atoms in total. The van der Waals surface area contributed by atoms with Gasteiger partial charge in [0.2, 0.25) is 10.0 Å². The summed E-state index contributed by atoms with van der Waals surface area (Å²) in [4.78, 5) is 4.90. The van der Waals surface area contributed by atoms with Crippen molar-refractivity contribution in [2.24, 2.45) is 11.8 Å². The van der Waals surface area contributed by atoms with Crippen LogP contribution in [0.5, 0.6) is 0 Å². The van der Waals surface area contributed by atoms with Gasteiger partial charge in [-0.05, 0) is 56.3 Å². The highest BCUT2D eigenvalue weighted by molar-refractivity contribution is 7.89. The van der Waals surface area contributed by atoms with Gasteiger partial charge < -0.3 is 10.0 Å². The standard InChI is InChI=1S/C20H30ClN3O3S/c1-14-3-4-20(17(21)9-14)28(26,27)24-12-15-10-18(19(25)11-16(15)13-24)23-7-5-22(2)6-8-23/h3-4,9,15-16,18-19,25H,5-8,10-13H2,1-2H3/t15-,16+,18-,19-/m1/s1. The molecular formula is C20H30ClN3O3S. The van der Waals surface area contributed by atoms with Gasteiger partial charge in [-0.25, -0.2) is 8.42 Å². The molecule has 2 heterocycles. The number of aliphatic hydroxyl groups is 1. The van der Waals surface area contributed by atoms with Crippen molar-refractivity contribution in [1.82, 2.24) is 14.1 Å². The Hall–Kier alpha value is -0.700. The fraction of sp³-hybridized carbons (Fsp3) is 0.700. The first-order valence-electron chi connectivity index (χ1n) is 10.1. The van der Waals surface area contributed by atoms with Gasteiger partial charge in [0.15, 0.2) is 0 Å². The van der Waals surface area contributed by atoms with Crippen molar-refractivity contribution in [2.45, 2.75) is 36.8 Å². The fourth-order valence-electron chi connectivity index (χ4n) is 5.06. The maximum Gasteiger partial charge on any atom is 0.244 e. The third-order valence-corrected chi connectivity index (χ3v) is 9.10. The van der Waals surface area contributed by atoms with E-state index in [1.807, 2.05) is 6.92 Å². The predicted molar refractivity (Wildman–Crippen MR) is 110 cm³/mol. The summed E-state index contributed by atoms with van der Waals surface area (Å²) < 4.78 is 27.9. The number of piperazine rings is 1. The molecule has 3 fully saturated rings. The van der Waals surface area contributed by atoms with Crippen LogP contribution >= 0.6 is 11.6 Å². The third-order valence-electron chi connectivity index (χ3n) is 6.79. The SMILES string of the molecule is Cc1ccc(S(=O)(=O)N2C[C@H]3C[C@@H](N4CCN(C)CC4)[C@H](O)C[C@H]3C2)c(Cl)c1. The van der Waals surface area contributed by atoms with E-state index in [2.05, 4.69) is 16.8 Å². The highest BCUT2D eigenvalue weighted by Crippen LogP contribution is 2.41. The summed E-state index contributed by atoms with van der Waals surface area (Å²) in [6.07, 6.45) is 1.16. The summed E-state index contributed by atoms with van der Waals surface area (Å²) in [5, 5.41) is 11.1. The summed E-state index contributed by atoms with van der Waals surface area (Å²) in [7, 11) is -1.49. The lowest BCUT2D eigenvalue weighted by Gasteiger charge is -2.44. The summed E-state index contributed by atoms with van der Waals surface area (Å²) in [6.45, 7) is 6.87. The quantitative estimate of drug-likeness (QED) is 0.794. The number of nitrogens with zero attached hydrogens (tertiary/aromatic N) is 3. The molecule has 0 amide bonds. The van der Waals surface area contributed by atoms with Gasteiger partial charge in [-0.1, -0.05) is 17.7 Å². The van der Waals surface area contributed by atoms with E-state index in [1.54, 1.807) is 22.5 Å². The molecule has 0 radical (unpaired) electrons. The Labute approximate surface area is 173 Å². The molecule has 4 atom stereocenters. The number of halogens is 1. The summed E-state index contributed by atoms with van der Waals surface area (Å²) in [5.74, 6) is 0.518. The van der Waals surface area contributed by atoms with Crippen molar-refractivity contribution in [3.63, 3.8) is 0 Å². The second-order valence-corrected chi connectivity index (χ2v) is 11.0. The second kappa shape index (κ2) is 7.85. The van der Waals surface area contributed by atoms with Gasteiger partial charge in [-0.2, -0.15) is 4.31 Å². The van der Waals surface area contributed by atoms with Gasteiger partial charge in [0.25, 0.3) is 0 Å². The molecule has 0 spiro atoms. The molecule has 0 aromatic heterocycles. The molecule has 156 valence electrons. The number of hydrogen-bond donors (Lipinski definition) is 1. The van der Waals surface area contributed by atoms with Crippen molar-refractivity contribution in [3.05, 3.63) is 28.8 Å². The monoisotopic (exact) mass is 427 g/mol. The van der Waals surface area contributed by atoms with Gasteiger partial charge >= 0.3 is 0 Å². The van der Waals surface area contributed by atoms with Crippen LogP contribution in [0.3, 0.4) is 0 Å². The molecule has 1 aliphatic carbocycles. The minimum absolute atomic E-state index is 0.139. The minimum atomic E-state index is -3.61. The molecule has 1 aromatic rings. The van der Waals surface area contributed by atoms with Crippen LogP contribution in [0.1, 0.15) is 18.4 Å². The Morgan fingerprint density at radius 2 is 1.71 bits per heavy atom.